The predicted octanol–water partition coefficient (Wildman–Crippen LogP) is 3.64. The molecule has 0 saturated heterocycles. The molecule has 0 radical (unpaired) electrons. The molecule has 0 spiro atoms. The van der Waals surface area contributed by atoms with Crippen molar-refractivity contribution in [3.63, 3.8) is 0 Å². The fourth-order valence-corrected chi connectivity index (χ4v) is 3.69. The highest BCUT2D eigenvalue weighted by molar-refractivity contribution is 7.92. The Morgan fingerprint density at radius 2 is 1.54 bits per heavy atom. The zero-order valence-corrected chi connectivity index (χ0v) is 15.0. The summed E-state index contributed by atoms with van der Waals surface area (Å²) in [5, 5.41) is 3.36. The molecule has 6 heteroatoms. The first-order valence-electron chi connectivity index (χ1n) is 7.85. The molecule has 24 heavy (non-hydrogen) atoms. The first kappa shape index (κ1) is 18.3. The number of methoxy groups -OCH3 is 1. The van der Waals surface area contributed by atoms with E-state index in [4.69, 9.17) is 4.74 Å². The number of benzene rings is 2. The maximum Gasteiger partial charge on any atom is 0.235 e. The average Bonchev–Trinajstić information content (AvgIpc) is 2.56. The van der Waals surface area contributed by atoms with E-state index in [-0.39, 0.29) is 17.9 Å². The van der Waals surface area contributed by atoms with E-state index in [1.165, 1.54) is 7.11 Å². The SMILES string of the molecule is COC(C)CS(=O)(=O)Nc1ccccc1NC(C)c1ccccc1. The predicted molar refractivity (Wildman–Crippen MR) is 98.8 cm³/mol. The summed E-state index contributed by atoms with van der Waals surface area (Å²) in [5.74, 6) is -0.0912. The first-order valence-corrected chi connectivity index (χ1v) is 9.50. The van der Waals surface area contributed by atoms with Gasteiger partial charge in [-0.05, 0) is 31.5 Å². The van der Waals surface area contributed by atoms with Crippen LogP contribution in [0.2, 0.25) is 0 Å². The molecule has 2 rings (SSSR count). The van der Waals surface area contributed by atoms with Gasteiger partial charge in [-0.3, -0.25) is 4.72 Å². The zero-order chi connectivity index (χ0) is 17.6. The molecular formula is C18H24N2O3S. The standard InChI is InChI=1S/C18H24N2O3S/c1-14(23-3)13-24(21,22)20-18-12-8-7-11-17(18)19-15(2)16-9-5-4-6-10-16/h4-12,14-15,19-20H,13H2,1-3H3. The highest BCUT2D eigenvalue weighted by Gasteiger charge is 2.17. The van der Waals surface area contributed by atoms with Crippen molar-refractivity contribution in [2.75, 3.05) is 22.9 Å². The lowest BCUT2D eigenvalue weighted by atomic mass is 10.1. The van der Waals surface area contributed by atoms with Crippen molar-refractivity contribution in [3.05, 3.63) is 60.2 Å². The Morgan fingerprint density at radius 1 is 0.958 bits per heavy atom. The van der Waals surface area contributed by atoms with Crippen molar-refractivity contribution in [2.45, 2.75) is 26.0 Å². The summed E-state index contributed by atoms with van der Waals surface area (Å²) in [7, 11) is -1.99. The van der Waals surface area contributed by atoms with E-state index in [9.17, 15) is 8.42 Å². The minimum Gasteiger partial charge on any atom is -0.381 e. The molecule has 0 fully saturated rings. The van der Waals surface area contributed by atoms with Crippen molar-refractivity contribution < 1.29 is 13.2 Å². The zero-order valence-electron chi connectivity index (χ0n) is 14.2. The molecule has 5 nitrogen and oxygen atoms in total. The third-order valence-corrected chi connectivity index (χ3v) is 5.16. The van der Waals surface area contributed by atoms with Crippen LogP contribution in [0.4, 0.5) is 11.4 Å². The molecular weight excluding hydrogens is 324 g/mol. The van der Waals surface area contributed by atoms with Gasteiger partial charge in [0.1, 0.15) is 0 Å². The molecule has 2 aromatic rings. The Morgan fingerprint density at radius 3 is 2.17 bits per heavy atom. The smallest absolute Gasteiger partial charge is 0.235 e. The van der Waals surface area contributed by atoms with Gasteiger partial charge in [0.05, 0.1) is 23.2 Å². The van der Waals surface area contributed by atoms with Gasteiger partial charge in [-0.15, -0.1) is 0 Å². The normalized spacial score (nSPS) is 14.0. The fraction of sp³-hybridized carbons (Fsp3) is 0.333. The highest BCUT2D eigenvalue weighted by atomic mass is 32.2. The molecule has 0 heterocycles. The number of hydrogen-bond donors (Lipinski definition) is 2. The Hall–Kier alpha value is -2.05. The van der Waals surface area contributed by atoms with Crippen LogP contribution < -0.4 is 10.0 Å². The lowest BCUT2D eigenvalue weighted by Crippen LogP contribution is -2.26. The van der Waals surface area contributed by atoms with Crippen LogP contribution in [0.5, 0.6) is 0 Å². The summed E-state index contributed by atoms with van der Waals surface area (Å²) in [6, 6.07) is 17.3. The van der Waals surface area contributed by atoms with Crippen molar-refractivity contribution >= 4 is 21.4 Å². The van der Waals surface area contributed by atoms with E-state index in [0.717, 1.165) is 11.3 Å². The van der Waals surface area contributed by atoms with E-state index >= 15 is 0 Å². The Balaban J connectivity index is 2.16. The van der Waals surface area contributed by atoms with Gasteiger partial charge in [0.2, 0.25) is 10.0 Å². The van der Waals surface area contributed by atoms with Gasteiger partial charge in [0.25, 0.3) is 0 Å². The largest absolute Gasteiger partial charge is 0.381 e. The number of hydrogen-bond acceptors (Lipinski definition) is 4. The van der Waals surface area contributed by atoms with E-state index in [2.05, 4.69) is 10.0 Å². The summed E-state index contributed by atoms with van der Waals surface area (Å²) in [6.07, 6.45) is -0.370. The van der Waals surface area contributed by atoms with Crippen molar-refractivity contribution in [2.24, 2.45) is 0 Å². The van der Waals surface area contributed by atoms with Crippen LogP contribution >= 0.6 is 0 Å². The van der Waals surface area contributed by atoms with Gasteiger partial charge in [-0.25, -0.2) is 8.42 Å². The van der Waals surface area contributed by atoms with Crippen LogP contribution in [0, 0.1) is 0 Å². The molecule has 0 aromatic heterocycles. The summed E-state index contributed by atoms with van der Waals surface area (Å²) in [6.45, 7) is 3.76. The number of para-hydroxylation sites is 2. The molecule has 2 atom stereocenters. The monoisotopic (exact) mass is 348 g/mol. The third kappa shape index (κ3) is 5.25. The lowest BCUT2D eigenvalue weighted by molar-refractivity contribution is 0.136. The molecule has 0 aliphatic rings. The van der Waals surface area contributed by atoms with E-state index in [1.807, 2.05) is 49.4 Å². The van der Waals surface area contributed by atoms with Crippen LogP contribution in [0.3, 0.4) is 0 Å². The van der Waals surface area contributed by atoms with Crippen molar-refractivity contribution in [3.8, 4) is 0 Å². The van der Waals surface area contributed by atoms with Crippen LogP contribution in [0.15, 0.2) is 54.6 Å². The molecule has 130 valence electrons. The third-order valence-electron chi connectivity index (χ3n) is 3.72. The number of ether oxygens (including phenoxy) is 1. The average molecular weight is 348 g/mol. The number of sulfonamides is 1. The molecule has 0 aliphatic heterocycles. The van der Waals surface area contributed by atoms with Crippen molar-refractivity contribution in [1.29, 1.82) is 0 Å². The topological polar surface area (TPSA) is 67.4 Å². The van der Waals surface area contributed by atoms with Crippen LogP contribution in [-0.4, -0.2) is 27.4 Å². The minimum absolute atomic E-state index is 0.0507. The molecule has 2 unspecified atom stereocenters. The lowest BCUT2D eigenvalue weighted by Gasteiger charge is -2.20. The van der Waals surface area contributed by atoms with Crippen molar-refractivity contribution in [1.82, 2.24) is 0 Å². The summed E-state index contributed by atoms with van der Waals surface area (Å²) < 4.78 is 32.2. The van der Waals surface area contributed by atoms with E-state index < -0.39 is 10.0 Å². The summed E-state index contributed by atoms with van der Waals surface area (Å²) in [5.41, 5.74) is 2.40. The van der Waals surface area contributed by atoms with Crippen LogP contribution in [0.25, 0.3) is 0 Å². The maximum absolute atomic E-state index is 12.3. The second-order valence-electron chi connectivity index (χ2n) is 5.75. The maximum atomic E-state index is 12.3. The van der Waals surface area contributed by atoms with Gasteiger partial charge in [0, 0.05) is 13.2 Å². The molecule has 2 N–H and O–H groups in total. The number of anilines is 2. The van der Waals surface area contributed by atoms with E-state index in [1.54, 1.807) is 19.1 Å². The van der Waals surface area contributed by atoms with Gasteiger partial charge in [-0.2, -0.15) is 0 Å². The summed E-state index contributed by atoms with van der Waals surface area (Å²) in [4.78, 5) is 0. The van der Waals surface area contributed by atoms with E-state index in [0.29, 0.717) is 5.69 Å². The second-order valence-corrected chi connectivity index (χ2v) is 7.52. The minimum atomic E-state index is -3.48. The quantitative estimate of drug-likeness (QED) is 0.764. The molecule has 0 bridgehead atoms. The van der Waals surface area contributed by atoms with Crippen LogP contribution in [-0.2, 0) is 14.8 Å². The molecule has 0 aliphatic carbocycles. The van der Waals surface area contributed by atoms with Gasteiger partial charge in [0.15, 0.2) is 0 Å². The molecule has 2 aromatic carbocycles. The van der Waals surface area contributed by atoms with Gasteiger partial charge >= 0.3 is 0 Å². The second kappa shape index (κ2) is 8.17. The fourth-order valence-electron chi connectivity index (χ4n) is 2.34. The van der Waals surface area contributed by atoms with Gasteiger partial charge in [-0.1, -0.05) is 42.5 Å². The molecule has 0 amide bonds. The van der Waals surface area contributed by atoms with Crippen LogP contribution in [0.1, 0.15) is 25.5 Å². The Kier molecular flexibility index (Phi) is 6.23. The number of nitrogens with one attached hydrogen (secondary N) is 2. The Labute approximate surface area is 144 Å². The van der Waals surface area contributed by atoms with Gasteiger partial charge < -0.3 is 10.1 Å². The first-order chi connectivity index (χ1) is 11.4. The highest BCUT2D eigenvalue weighted by Crippen LogP contribution is 2.27. The molecule has 0 saturated carbocycles. The summed E-state index contributed by atoms with van der Waals surface area (Å²) >= 11 is 0. The number of rotatable bonds is 8. The Bertz CT molecular complexity index is 748.